The second-order valence-electron chi connectivity index (χ2n) is 2.84. The van der Waals surface area contributed by atoms with Crippen molar-refractivity contribution in [1.82, 2.24) is 0 Å². The molecule has 76 valence electrons. The van der Waals surface area contributed by atoms with Gasteiger partial charge in [0.05, 0.1) is 5.56 Å². The Kier molecular flexibility index (Phi) is 3.23. The summed E-state index contributed by atoms with van der Waals surface area (Å²) in [6, 6.07) is 1.12. The lowest BCUT2D eigenvalue weighted by Crippen LogP contribution is -2.11. The lowest BCUT2D eigenvalue weighted by molar-refractivity contribution is 0.0899. The van der Waals surface area contributed by atoms with Crippen molar-refractivity contribution in [3.05, 3.63) is 27.5 Å². The van der Waals surface area contributed by atoms with Crippen LogP contribution in [0.25, 0.3) is 0 Å². The molecule has 0 aliphatic heterocycles. The van der Waals surface area contributed by atoms with E-state index in [-0.39, 0.29) is 5.56 Å². The van der Waals surface area contributed by atoms with Gasteiger partial charge in [0.1, 0.15) is 12.4 Å². The summed E-state index contributed by atoms with van der Waals surface area (Å²) in [4.78, 5) is 11.2. The van der Waals surface area contributed by atoms with Crippen LogP contribution in [0.2, 0.25) is 0 Å². The van der Waals surface area contributed by atoms with Crippen molar-refractivity contribution in [2.45, 2.75) is 6.92 Å². The number of Topliss-reactive ketones (excluding diaryl/α,β-unsaturated/α-hetero) is 1. The maximum atomic E-state index is 13.3. The molecule has 1 aromatic carbocycles. The molecule has 0 atom stereocenters. The van der Waals surface area contributed by atoms with Crippen LogP contribution in [-0.2, 0) is 0 Å². The van der Waals surface area contributed by atoms with Crippen molar-refractivity contribution >= 4 is 27.4 Å². The van der Waals surface area contributed by atoms with Crippen molar-refractivity contribution in [3.8, 4) is 0 Å². The highest BCUT2D eigenvalue weighted by molar-refractivity contribution is 9.10. The summed E-state index contributed by atoms with van der Waals surface area (Å²) in [6.07, 6.45) is 0. The van der Waals surface area contributed by atoms with Crippen molar-refractivity contribution in [1.29, 1.82) is 0 Å². The summed E-state index contributed by atoms with van der Waals surface area (Å²) in [6.45, 7) is 0.810. The lowest BCUT2D eigenvalue weighted by atomic mass is 10.0. The monoisotopic (exact) mass is 261 g/mol. The van der Waals surface area contributed by atoms with Crippen molar-refractivity contribution in [2.75, 3.05) is 12.3 Å². The predicted octanol–water partition coefficient (Wildman–Crippen LogP) is 1.65. The zero-order valence-corrected chi connectivity index (χ0v) is 9.06. The third kappa shape index (κ3) is 1.78. The zero-order chi connectivity index (χ0) is 10.9. The summed E-state index contributed by atoms with van der Waals surface area (Å²) < 4.78 is 13.7. The number of rotatable bonds is 2. The Morgan fingerprint density at radius 1 is 1.71 bits per heavy atom. The predicted molar refractivity (Wildman–Crippen MR) is 54.7 cm³/mol. The number of hydrogen-bond acceptors (Lipinski definition) is 3. The molecule has 0 heterocycles. The van der Waals surface area contributed by atoms with Gasteiger partial charge in [0.15, 0.2) is 5.78 Å². The molecule has 14 heavy (non-hydrogen) atoms. The molecule has 0 bridgehead atoms. The van der Waals surface area contributed by atoms with Gasteiger partial charge in [0, 0.05) is 10.2 Å². The summed E-state index contributed by atoms with van der Waals surface area (Å²) in [7, 11) is 0. The average molecular weight is 262 g/mol. The molecule has 5 heteroatoms. The number of carbonyl (C=O) groups is 1. The Balaban J connectivity index is 3.44. The molecule has 0 saturated heterocycles. The van der Waals surface area contributed by atoms with Gasteiger partial charge >= 0.3 is 0 Å². The van der Waals surface area contributed by atoms with E-state index >= 15 is 0 Å². The van der Waals surface area contributed by atoms with E-state index in [9.17, 15) is 9.18 Å². The minimum atomic E-state index is -0.723. The number of hydrogen-bond donors (Lipinski definition) is 2. The summed E-state index contributed by atoms with van der Waals surface area (Å²) >= 11 is 3.06. The van der Waals surface area contributed by atoms with E-state index in [0.29, 0.717) is 15.7 Å². The van der Waals surface area contributed by atoms with Gasteiger partial charge in [-0.1, -0.05) is 0 Å². The quantitative estimate of drug-likeness (QED) is 0.629. The van der Waals surface area contributed by atoms with Crippen molar-refractivity contribution in [2.24, 2.45) is 0 Å². The van der Waals surface area contributed by atoms with E-state index < -0.39 is 18.2 Å². The smallest absolute Gasteiger partial charge is 0.191 e. The van der Waals surface area contributed by atoms with Crippen LogP contribution in [0.4, 0.5) is 10.1 Å². The van der Waals surface area contributed by atoms with Gasteiger partial charge in [-0.05, 0) is 34.5 Å². The van der Waals surface area contributed by atoms with Crippen LogP contribution in [0.3, 0.4) is 0 Å². The molecule has 0 amide bonds. The number of nitrogens with two attached hydrogens (primary N) is 1. The number of aliphatic hydroxyl groups is 1. The van der Waals surface area contributed by atoms with Crippen molar-refractivity contribution < 1.29 is 14.3 Å². The minimum Gasteiger partial charge on any atom is -0.398 e. The lowest BCUT2D eigenvalue weighted by Gasteiger charge is -2.09. The van der Waals surface area contributed by atoms with Crippen LogP contribution in [0.15, 0.2) is 10.5 Å². The molecular weight excluding hydrogens is 253 g/mol. The molecule has 3 N–H and O–H groups in total. The summed E-state index contributed by atoms with van der Waals surface area (Å²) in [5.74, 6) is -1.35. The van der Waals surface area contributed by atoms with E-state index in [0.717, 1.165) is 6.07 Å². The van der Waals surface area contributed by atoms with Gasteiger partial charge in [0.25, 0.3) is 0 Å². The Morgan fingerprint density at radius 2 is 2.29 bits per heavy atom. The third-order valence-corrected chi connectivity index (χ3v) is 2.61. The fraction of sp³-hybridized carbons (Fsp3) is 0.222. The molecule has 1 aromatic rings. The standard InChI is InChI=1S/C9H9BrFNO2/c1-4-8(7(14)3-13)6(11)2-5(10)9(4)12/h2,13H,3,12H2,1H3. The van der Waals surface area contributed by atoms with E-state index in [4.69, 9.17) is 10.8 Å². The highest BCUT2D eigenvalue weighted by atomic mass is 79.9. The SMILES string of the molecule is Cc1c(N)c(Br)cc(F)c1C(=O)CO. The van der Waals surface area contributed by atoms with Gasteiger partial charge in [-0.25, -0.2) is 4.39 Å². The summed E-state index contributed by atoms with van der Waals surface area (Å²) in [5.41, 5.74) is 6.10. The first-order valence-corrected chi connectivity index (χ1v) is 4.66. The highest BCUT2D eigenvalue weighted by Crippen LogP contribution is 2.28. The normalized spacial score (nSPS) is 10.3. The van der Waals surface area contributed by atoms with Crippen LogP contribution in [0.5, 0.6) is 0 Å². The van der Waals surface area contributed by atoms with E-state index in [1.807, 2.05) is 0 Å². The Morgan fingerprint density at radius 3 is 2.79 bits per heavy atom. The topological polar surface area (TPSA) is 63.3 Å². The molecule has 3 nitrogen and oxygen atoms in total. The third-order valence-electron chi connectivity index (χ3n) is 1.95. The Bertz CT molecular complexity index is 393. The Hall–Kier alpha value is -0.940. The van der Waals surface area contributed by atoms with Crippen LogP contribution < -0.4 is 5.73 Å². The second kappa shape index (κ2) is 4.06. The van der Waals surface area contributed by atoms with Crippen LogP contribution in [0.1, 0.15) is 15.9 Å². The van der Waals surface area contributed by atoms with Crippen molar-refractivity contribution in [3.63, 3.8) is 0 Å². The molecule has 0 radical (unpaired) electrons. The van der Waals surface area contributed by atoms with E-state index in [1.165, 1.54) is 6.92 Å². The van der Waals surface area contributed by atoms with Gasteiger partial charge in [-0.2, -0.15) is 0 Å². The molecular formula is C9H9BrFNO2. The minimum absolute atomic E-state index is 0.145. The van der Waals surface area contributed by atoms with Crippen LogP contribution in [-0.4, -0.2) is 17.5 Å². The van der Waals surface area contributed by atoms with Gasteiger partial charge < -0.3 is 10.8 Å². The fourth-order valence-electron chi connectivity index (χ4n) is 1.18. The van der Waals surface area contributed by atoms with Crippen LogP contribution >= 0.6 is 15.9 Å². The number of ketones is 1. The van der Waals surface area contributed by atoms with Gasteiger partial charge in [0.2, 0.25) is 0 Å². The van der Waals surface area contributed by atoms with Gasteiger partial charge in [-0.15, -0.1) is 0 Å². The number of benzene rings is 1. The number of nitrogen functional groups attached to an aromatic ring is 1. The van der Waals surface area contributed by atoms with E-state index in [1.54, 1.807) is 0 Å². The second-order valence-corrected chi connectivity index (χ2v) is 3.69. The van der Waals surface area contributed by atoms with Gasteiger partial charge in [-0.3, -0.25) is 4.79 Å². The first-order chi connectivity index (χ1) is 6.49. The maximum Gasteiger partial charge on any atom is 0.191 e. The summed E-state index contributed by atoms with van der Waals surface area (Å²) in [5, 5.41) is 8.63. The fourth-order valence-corrected chi connectivity index (χ4v) is 1.67. The highest BCUT2D eigenvalue weighted by Gasteiger charge is 2.17. The number of anilines is 1. The molecule has 0 spiro atoms. The number of aliphatic hydroxyl groups excluding tert-OH is 1. The molecule has 0 unspecified atom stereocenters. The maximum absolute atomic E-state index is 13.3. The first kappa shape index (κ1) is 11.1. The molecule has 1 rings (SSSR count). The average Bonchev–Trinajstić information content (AvgIpc) is 2.14. The molecule has 0 aliphatic carbocycles. The molecule has 0 fully saturated rings. The number of carbonyl (C=O) groups excluding carboxylic acids is 1. The molecule has 0 aliphatic rings. The number of halogens is 2. The Labute approximate surface area is 88.9 Å². The van der Waals surface area contributed by atoms with Crippen LogP contribution in [0, 0.1) is 12.7 Å². The largest absolute Gasteiger partial charge is 0.398 e. The first-order valence-electron chi connectivity index (χ1n) is 3.87. The molecule has 0 saturated carbocycles. The zero-order valence-electron chi connectivity index (χ0n) is 7.47. The molecule has 0 aromatic heterocycles. The van der Waals surface area contributed by atoms with E-state index in [2.05, 4.69) is 15.9 Å².